The second-order valence-electron chi connectivity index (χ2n) is 20.8. The molecule has 0 aliphatic heterocycles. The van der Waals surface area contributed by atoms with E-state index in [-0.39, 0.29) is 0 Å². The van der Waals surface area contributed by atoms with Crippen LogP contribution in [-0.4, -0.2) is 13.7 Å². The topological polar surface area (TPSA) is 14.8 Å². The van der Waals surface area contributed by atoms with Crippen LogP contribution < -0.4 is 0 Å². The van der Waals surface area contributed by atoms with Crippen LogP contribution in [0.15, 0.2) is 224 Å². The molecule has 0 saturated heterocycles. The molecule has 3 unspecified atom stereocenters. The second kappa shape index (κ2) is 16.4. The Morgan fingerprint density at radius 1 is 0.397 bits per heavy atom. The maximum Gasteiger partial charge on any atom is 0.0547 e. The number of hydrogen-bond donors (Lipinski definition) is 0. The molecule has 15 rings (SSSR count). The van der Waals surface area contributed by atoms with Crippen LogP contribution in [0.3, 0.4) is 0 Å². The van der Waals surface area contributed by atoms with Crippen molar-refractivity contribution >= 4 is 66.2 Å². The third-order valence-corrected chi connectivity index (χ3v) is 16.9. The molecule has 3 aliphatic carbocycles. The van der Waals surface area contributed by atoms with Gasteiger partial charge in [0.25, 0.3) is 0 Å². The highest BCUT2D eigenvalue weighted by Gasteiger charge is 2.33. The van der Waals surface area contributed by atoms with Gasteiger partial charge in [-0.15, -0.1) is 0 Å². The van der Waals surface area contributed by atoms with Gasteiger partial charge in [0.05, 0.1) is 27.6 Å². The Kier molecular flexibility index (Phi) is 9.48. The minimum atomic E-state index is 0.319. The van der Waals surface area contributed by atoms with Gasteiger partial charge in [0, 0.05) is 61.2 Å². The van der Waals surface area contributed by atoms with Gasteiger partial charge in [-0.3, -0.25) is 0 Å². The summed E-state index contributed by atoms with van der Waals surface area (Å²) in [6.45, 7) is 4.92. The standard InChI is InChI=1S/C70H53N3/c1-44-45(2)57-41-64-62-39-51(50-31-33-66-60(37-50)55-28-15-16-29-65(55)71(66)52-22-9-4-10-23-52)32-35-68(62)73(54-26-13-6-14-27-54)70(64)43-59(57)58-42-69-63(40-56(44)58)61-38-49(30-34-67(61)72(69)53-24-11-5-12-25-53)48-21-17-20-47(36-48)46-18-7-3-8-19-46/h3-18,20-31,33-34,36-46H,19,32,35H2,1-2H3. The van der Waals surface area contributed by atoms with E-state index in [1.54, 1.807) is 0 Å². The van der Waals surface area contributed by atoms with Crippen molar-refractivity contribution in [2.45, 2.75) is 50.9 Å². The molecule has 3 heteroatoms. The first-order valence-electron chi connectivity index (χ1n) is 26.2. The smallest absolute Gasteiger partial charge is 0.0547 e. The predicted molar refractivity (Wildman–Crippen MR) is 308 cm³/mol. The fourth-order valence-corrected chi connectivity index (χ4v) is 13.1. The molecule has 0 fully saturated rings. The van der Waals surface area contributed by atoms with E-state index in [4.69, 9.17) is 0 Å². The van der Waals surface area contributed by atoms with E-state index < -0.39 is 0 Å². The number of allylic oxidation sites excluding steroid dienone is 5. The maximum atomic E-state index is 2.58. The second-order valence-corrected chi connectivity index (χ2v) is 20.8. The molecule has 12 aromatic rings. The number of aromatic nitrogens is 3. The van der Waals surface area contributed by atoms with Crippen LogP contribution >= 0.6 is 0 Å². The van der Waals surface area contributed by atoms with E-state index in [1.165, 1.54) is 133 Å². The largest absolute Gasteiger partial charge is 0.313 e. The van der Waals surface area contributed by atoms with Crippen molar-refractivity contribution < 1.29 is 0 Å². The van der Waals surface area contributed by atoms with Gasteiger partial charge in [0.2, 0.25) is 0 Å². The molecular formula is C70H53N3. The molecule has 0 amide bonds. The molecule has 3 heterocycles. The molecule has 73 heavy (non-hydrogen) atoms. The lowest BCUT2D eigenvalue weighted by Crippen LogP contribution is -2.13. The number of nitrogens with zero attached hydrogens (tertiary/aromatic N) is 3. The Hall–Kier alpha value is -8.66. The lowest BCUT2D eigenvalue weighted by molar-refractivity contribution is 0.617. The minimum Gasteiger partial charge on any atom is -0.313 e. The Morgan fingerprint density at radius 3 is 1.63 bits per heavy atom. The summed E-state index contributed by atoms with van der Waals surface area (Å²) < 4.78 is 7.49. The average Bonchev–Trinajstić information content (AvgIpc) is 4.09. The molecule has 0 saturated carbocycles. The van der Waals surface area contributed by atoms with Crippen LogP contribution in [0.2, 0.25) is 0 Å². The summed E-state index contributed by atoms with van der Waals surface area (Å²) in [4.78, 5) is 0. The number of rotatable bonds is 6. The highest BCUT2D eigenvalue weighted by atomic mass is 15.0. The molecule has 0 radical (unpaired) electrons. The number of hydrogen-bond acceptors (Lipinski definition) is 0. The van der Waals surface area contributed by atoms with Crippen molar-refractivity contribution in [3.8, 4) is 39.3 Å². The molecule has 348 valence electrons. The first-order chi connectivity index (χ1) is 36.0. The van der Waals surface area contributed by atoms with Crippen LogP contribution in [0, 0.1) is 0 Å². The van der Waals surface area contributed by atoms with Crippen molar-refractivity contribution in [2.24, 2.45) is 0 Å². The van der Waals surface area contributed by atoms with Gasteiger partial charge < -0.3 is 13.7 Å². The van der Waals surface area contributed by atoms with Crippen molar-refractivity contribution in [1.82, 2.24) is 13.7 Å². The summed E-state index contributed by atoms with van der Waals surface area (Å²) in [6.07, 6.45) is 14.5. The van der Waals surface area contributed by atoms with Crippen LogP contribution in [0.5, 0.6) is 0 Å². The fourth-order valence-electron chi connectivity index (χ4n) is 13.1. The maximum absolute atomic E-state index is 2.58. The van der Waals surface area contributed by atoms with Crippen molar-refractivity contribution in [2.75, 3.05) is 0 Å². The normalized spacial score (nSPS) is 17.1. The van der Waals surface area contributed by atoms with E-state index in [9.17, 15) is 0 Å². The van der Waals surface area contributed by atoms with E-state index in [2.05, 4.69) is 258 Å². The Bertz CT molecular complexity index is 4310. The fraction of sp³-hybridized carbons (Fsp3) is 0.114. The lowest BCUT2D eigenvalue weighted by atomic mass is 9.72. The van der Waals surface area contributed by atoms with Crippen LogP contribution in [0.4, 0.5) is 0 Å². The average molecular weight is 936 g/mol. The SMILES string of the molecule is CC1c2cc3c4c(n(-c5ccccc5)c3cc2-c2cc3c(cc2C1C)c1cc(-c2cccc(C5C=CC=CC5)c2)ccc1n3-c1ccccc1)CCC(c1ccc2c(c1)c1ccccc1n2-c1ccccc1)=C4. The number of benzene rings is 9. The van der Waals surface area contributed by atoms with E-state index in [1.807, 2.05) is 0 Å². The van der Waals surface area contributed by atoms with E-state index in [0.717, 1.165) is 19.3 Å². The number of para-hydroxylation sites is 4. The summed E-state index contributed by atoms with van der Waals surface area (Å²) in [7, 11) is 0. The first-order valence-corrected chi connectivity index (χ1v) is 26.2. The Morgan fingerprint density at radius 2 is 0.945 bits per heavy atom. The molecule has 0 bridgehead atoms. The van der Waals surface area contributed by atoms with E-state index >= 15 is 0 Å². The molecule has 3 aliphatic rings. The zero-order chi connectivity index (χ0) is 48.3. The van der Waals surface area contributed by atoms with Crippen LogP contribution in [0.1, 0.15) is 78.0 Å². The van der Waals surface area contributed by atoms with E-state index in [0.29, 0.717) is 17.8 Å². The quantitative estimate of drug-likeness (QED) is 0.158. The lowest BCUT2D eigenvalue weighted by Gasteiger charge is -2.32. The summed E-state index contributed by atoms with van der Waals surface area (Å²) in [5.74, 6) is 1.05. The van der Waals surface area contributed by atoms with Gasteiger partial charge >= 0.3 is 0 Å². The van der Waals surface area contributed by atoms with Crippen LogP contribution in [-0.2, 0) is 6.42 Å². The molecule has 0 N–H and O–H groups in total. The number of fused-ring (bicyclic) bond motifs is 12. The van der Waals surface area contributed by atoms with Gasteiger partial charge in [-0.1, -0.05) is 147 Å². The Labute approximate surface area is 425 Å². The first kappa shape index (κ1) is 42.1. The molecule has 9 aromatic carbocycles. The molecule has 3 nitrogen and oxygen atoms in total. The highest BCUT2D eigenvalue weighted by Crippen LogP contribution is 2.52. The molecule has 3 aromatic heterocycles. The van der Waals surface area contributed by atoms with Gasteiger partial charge in [-0.2, -0.15) is 0 Å². The van der Waals surface area contributed by atoms with Crippen molar-refractivity contribution in [3.05, 3.63) is 258 Å². The zero-order valence-electron chi connectivity index (χ0n) is 41.1. The minimum absolute atomic E-state index is 0.319. The van der Waals surface area contributed by atoms with Gasteiger partial charge in [-0.05, 0) is 178 Å². The van der Waals surface area contributed by atoms with Crippen molar-refractivity contribution in [1.29, 1.82) is 0 Å². The Balaban J connectivity index is 0.913. The summed E-state index contributed by atoms with van der Waals surface area (Å²) in [5.41, 5.74) is 24.7. The van der Waals surface area contributed by atoms with Gasteiger partial charge in [0.1, 0.15) is 0 Å². The molecular weight excluding hydrogens is 883 g/mol. The van der Waals surface area contributed by atoms with Gasteiger partial charge in [0.15, 0.2) is 0 Å². The van der Waals surface area contributed by atoms with Gasteiger partial charge in [-0.25, -0.2) is 0 Å². The van der Waals surface area contributed by atoms with Crippen molar-refractivity contribution in [3.63, 3.8) is 0 Å². The monoisotopic (exact) mass is 935 g/mol. The third-order valence-electron chi connectivity index (χ3n) is 16.9. The third kappa shape index (κ3) is 6.51. The molecule has 0 spiro atoms. The summed E-state index contributed by atoms with van der Waals surface area (Å²) >= 11 is 0. The predicted octanol–water partition coefficient (Wildman–Crippen LogP) is 18.5. The molecule has 3 atom stereocenters. The van der Waals surface area contributed by atoms with Crippen LogP contribution in [0.25, 0.3) is 105 Å². The summed E-state index contributed by atoms with van der Waals surface area (Å²) in [6, 6.07) is 75.4. The zero-order valence-corrected chi connectivity index (χ0v) is 41.1. The highest BCUT2D eigenvalue weighted by molar-refractivity contribution is 6.13. The summed E-state index contributed by atoms with van der Waals surface area (Å²) in [5, 5.41) is 6.52.